The molecule has 0 radical (unpaired) electrons. The maximum atomic E-state index is 9.85. The van der Waals surface area contributed by atoms with E-state index in [9.17, 15) is 5.11 Å². The fourth-order valence-corrected chi connectivity index (χ4v) is 1.51. The van der Waals surface area contributed by atoms with Crippen molar-refractivity contribution in [2.45, 2.75) is 51.6 Å². The summed E-state index contributed by atoms with van der Waals surface area (Å²) in [6.45, 7) is 4.20. The van der Waals surface area contributed by atoms with Crippen molar-refractivity contribution < 1.29 is 10.2 Å². The van der Waals surface area contributed by atoms with Gasteiger partial charge in [-0.15, -0.1) is 0 Å². The first-order valence-corrected chi connectivity index (χ1v) is 4.51. The summed E-state index contributed by atoms with van der Waals surface area (Å²) >= 11 is 0. The molecule has 11 heavy (non-hydrogen) atoms. The van der Waals surface area contributed by atoms with Gasteiger partial charge in [-0.25, -0.2) is 0 Å². The Morgan fingerprint density at radius 2 is 1.45 bits per heavy atom. The molecule has 0 spiro atoms. The van der Waals surface area contributed by atoms with Crippen LogP contribution in [0.4, 0.5) is 0 Å². The van der Waals surface area contributed by atoms with Crippen LogP contribution in [-0.4, -0.2) is 22.4 Å². The molecule has 0 rings (SSSR count). The molecule has 0 aliphatic rings. The third-order valence-corrected chi connectivity index (χ3v) is 2.01. The molecule has 0 aromatic rings. The van der Waals surface area contributed by atoms with E-state index in [0.717, 1.165) is 25.7 Å². The molecule has 68 valence electrons. The first-order valence-electron chi connectivity index (χ1n) is 4.51. The van der Waals surface area contributed by atoms with Crippen LogP contribution in [0.2, 0.25) is 0 Å². The van der Waals surface area contributed by atoms with Crippen molar-refractivity contribution in [1.29, 1.82) is 0 Å². The van der Waals surface area contributed by atoms with Crippen LogP contribution in [-0.2, 0) is 0 Å². The van der Waals surface area contributed by atoms with Crippen molar-refractivity contribution in [3.05, 3.63) is 0 Å². The quantitative estimate of drug-likeness (QED) is 0.621. The Labute approximate surface area is 69.2 Å². The maximum absolute atomic E-state index is 9.85. The fourth-order valence-electron chi connectivity index (χ4n) is 1.51. The molecule has 0 bridgehead atoms. The Morgan fingerprint density at radius 3 is 1.73 bits per heavy atom. The molecule has 0 heterocycles. The molecule has 0 aliphatic heterocycles. The molecular weight excluding hydrogens is 140 g/mol. The highest BCUT2D eigenvalue weighted by Gasteiger charge is 2.23. The molecule has 0 aromatic carbocycles. The molecule has 0 saturated heterocycles. The summed E-state index contributed by atoms with van der Waals surface area (Å²) in [7, 11) is 0. The zero-order valence-corrected chi connectivity index (χ0v) is 7.64. The number of aliphatic hydroxyl groups excluding tert-OH is 1. The zero-order valence-electron chi connectivity index (χ0n) is 7.64. The van der Waals surface area contributed by atoms with Crippen molar-refractivity contribution in [3.63, 3.8) is 0 Å². The van der Waals surface area contributed by atoms with Gasteiger partial charge in [-0.3, -0.25) is 0 Å². The van der Waals surface area contributed by atoms with Crippen molar-refractivity contribution >= 4 is 0 Å². The van der Waals surface area contributed by atoms with Crippen molar-refractivity contribution in [2.75, 3.05) is 6.61 Å². The SMILES string of the molecule is CCCC(O)(CCC)CCO. The highest BCUT2D eigenvalue weighted by atomic mass is 16.3. The van der Waals surface area contributed by atoms with E-state index in [0.29, 0.717) is 6.42 Å². The van der Waals surface area contributed by atoms with E-state index < -0.39 is 5.60 Å². The van der Waals surface area contributed by atoms with Crippen LogP contribution in [0.3, 0.4) is 0 Å². The van der Waals surface area contributed by atoms with E-state index in [-0.39, 0.29) is 6.61 Å². The lowest BCUT2D eigenvalue weighted by Crippen LogP contribution is -2.29. The van der Waals surface area contributed by atoms with Crippen LogP contribution < -0.4 is 0 Å². The van der Waals surface area contributed by atoms with E-state index in [1.165, 1.54) is 0 Å². The molecule has 0 fully saturated rings. The standard InChI is InChI=1S/C9H20O2/c1-3-5-9(11,6-4-2)7-8-10/h10-11H,3-8H2,1-2H3. The molecule has 0 atom stereocenters. The Bertz CT molecular complexity index is 74.5. The van der Waals surface area contributed by atoms with Crippen LogP contribution in [0.5, 0.6) is 0 Å². The van der Waals surface area contributed by atoms with Gasteiger partial charge in [0.25, 0.3) is 0 Å². The summed E-state index contributed by atoms with van der Waals surface area (Å²) in [5.41, 5.74) is -0.599. The van der Waals surface area contributed by atoms with Gasteiger partial charge in [0, 0.05) is 6.61 Å². The van der Waals surface area contributed by atoms with Crippen LogP contribution in [0, 0.1) is 0 Å². The van der Waals surface area contributed by atoms with E-state index in [1.54, 1.807) is 0 Å². The third-order valence-electron chi connectivity index (χ3n) is 2.01. The minimum Gasteiger partial charge on any atom is -0.396 e. The van der Waals surface area contributed by atoms with Crippen LogP contribution in [0.1, 0.15) is 46.0 Å². The smallest absolute Gasteiger partial charge is 0.0669 e. The summed E-state index contributed by atoms with van der Waals surface area (Å²) < 4.78 is 0. The molecule has 0 saturated carbocycles. The topological polar surface area (TPSA) is 40.5 Å². The van der Waals surface area contributed by atoms with E-state index in [2.05, 4.69) is 13.8 Å². The average molecular weight is 160 g/mol. The van der Waals surface area contributed by atoms with Gasteiger partial charge in [0.15, 0.2) is 0 Å². The predicted molar refractivity (Wildman–Crippen MR) is 46.5 cm³/mol. The summed E-state index contributed by atoms with van der Waals surface area (Å²) in [6.07, 6.45) is 4.10. The maximum Gasteiger partial charge on any atom is 0.0669 e. The lowest BCUT2D eigenvalue weighted by atomic mass is 9.90. The zero-order chi connectivity index (χ0) is 8.74. The Hall–Kier alpha value is -0.0800. The normalized spacial score (nSPS) is 12.0. The van der Waals surface area contributed by atoms with Crippen molar-refractivity contribution in [1.82, 2.24) is 0 Å². The molecule has 0 aromatic heterocycles. The monoisotopic (exact) mass is 160 g/mol. The molecule has 0 unspecified atom stereocenters. The van der Waals surface area contributed by atoms with Gasteiger partial charge in [-0.2, -0.15) is 0 Å². The highest BCUT2D eigenvalue weighted by molar-refractivity contribution is 4.76. The van der Waals surface area contributed by atoms with Gasteiger partial charge in [-0.1, -0.05) is 26.7 Å². The van der Waals surface area contributed by atoms with Gasteiger partial charge in [0.05, 0.1) is 5.60 Å². The largest absolute Gasteiger partial charge is 0.396 e. The Morgan fingerprint density at radius 1 is 1.00 bits per heavy atom. The molecule has 0 amide bonds. The number of hydrogen-bond acceptors (Lipinski definition) is 2. The molecule has 0 aliphatic carbocycles. The number of hydrogen-bond donors (Lipinski definition) is 2. The molecular formula is C9H20O2. The summed E-state index contributed by atoms with van der Waals surface area (Å²) in [5.74, 6) is 0. The van der Waals surface area contributed by atoms with E-state index in [4.69, 9.17) is 5.11 Å². The van der Waals surface area contributed by atoms with E-state index in [1.807, 2.05) is 0 Å². The second-order valence-electron chi connectivity index (χ2n) is 3.20. The fraction of sp³-hybridized carbons (Fsp3) is 1.00. The first kappa shape index (κ1) is 10.9. The van der Waals surface area contributed by atoms with Gasteiger partial charge in [0.1, 0.15) is 0 Å². The second-order valence-corrected chi connectivity index (χ2v) is 3.20. The molecule has 2 nitrogen and oxygen atoms in total. The van der Waals surface area contributed by atoms with Gasteiger partial charge in [-0.05, 0) is 19.3 Å². The minimum absolute atomic E-state index is 0.0938. The second kappa shape index (κ2) is 5.56. The van der Waals surface area contributed by atoms with Gasteiger partial charge >= 0.3 is 0 Å². The highest BCUT2D eigenvalue weighted by Crippen LogP contribution is 2.22. The Kier molecular flexibility index (Phi) is 5.51. The minimum atomic E-state index is -0.599. The summed E-state index contributed by atoms with van der Waals surface area (Å²) in [5, 5.41) is 18.5. The van der Waals surface area contributed by atoms with Crippen molar-refractivity contribution in [3.8, 4) is 0 Å². The van der Waals surface area contributed by atoms with Gasteiger partial charge < -0.3 is 10.2 Å². The number of aliphatic hydroxyl groups is 2. The molecule has 2 N–H and O–H groups in total. The lowest BCUT2D eigenvalue weighted by Gasteiger charge is -2.26. The van der Waals surface area contributed by atoms with Crippen LogP contribution >= 0.6 is 0 Å². The van der Waals surface area contributed by atoms with Crippen molar-refractivity contribution in [2.24, 2.45) is 0 Å². The number of rotatable bonds is 6. The summed E-state index contributed by atoms with van der Waals surface area (Å²) in [4.78, 5) is 0. The average Bonchev–Trinajstić information content (AvgIpc) is 1.88. The lowest BCUT2D eigenvalue weighted by molar-refractivity contribution is -0.000955. The predicted octanol–water partition coefficient (Wildman–Crippen LogP) is 1.70. The van der Waals surface area contributed by atoms with Gasteiger partial charge in [0.2, 0.25) is 0 Å². The molecule has 2 heteroatoms. The Balaban J connectivity index is 3.79. The van der Waals surface area contributed by atoms with Crippen LogP contribution in [0.15, 0.2) is 0 Å². The first-order chi connectivity index (χ1) is 5.18. The third kappa shape index (κ3) is 4.38. The van der Waals surface area contributed by atoms with E-state index >= 15 is 0 Å². The van der Waals surface area contributed by atoms with Crippen LogP contribution in [0.25, 0.3) is 0 Å². The summed E-state index contributed by atoms with van der Waals surface area (Å²) in [6, 6.07) is 0.